The van der Waals surface area contributed by atoms with E-state index in [9.17, 15) is 0 Å². The van der Waals surface area contributed by atoms with Crippen molar-refractivity contribution in [2.24, 2.45) is 0 Å². The standard InChI is InChI=1S/9C4H9.C3H3N3O3.3Sn/c9*1-3-4-2;7-1-4-2(8)6-3(9)5-1;;;/h9*1,3-4H2,2H3;(H3,4,5,6,7,8,9);;;/q;;;;;;;;;;3*+1/p-3. The predicted octanol–water partition coefficient (Wildman–Crippen LogP) is 11.8. The molecule has 0 saturated heterocycles. The van der Waals surface area contributed by atoms with Crippen molar-refractivity contribution >= 4 is 56.0 Å². The van der Waals surface area contributed by atoms with Crippen molar-refractivity contribution in [1.29, 1.82) is 0 Å². The molecule has 0 spiro atoms. The molecular formula is C39H81N3O3Sn3. The molecule has 0 aromatic carbocycles. The summed E-state index contributed by atoms with van der Waals surface area (Å²) in [4.78, 5) is 46.9. The Morgan fingerprint density at radius 1 is 0.292 bits per heavy atom. The fourth-order valence-electron chi connectivity index (χ4n) is 8.45. The fraction of sp³-hybridized carbons (Fsp3) is 0.923. The molecule has 0 bridgehead atoms. The van der Waals surface area contributed by atoms with Crippen LogP contribution in [0, 0.1) is 0 Å². The second-order valence-corrected chi connectivity index (χ2v) is 53.1. The van der Waals surface area contributed by atoms with E-state index in [4.69, 9.17) is 0 Å². The van der Waals surface area contributed by atoms with E-state index in [1.54, 1.807) is 0 Å². The molecule has 1 aromatic rings. The fourth-order valence-corrected chi connectivity index (χ4v) is 57.7. The Hall–Kier alpha value is 0.806. The van der Waals surface area contributed by atoms with Gasteiger partial charge in [0.2, 0.25) is 0 Å². The van der Waals surface area contributed by atoms with E-state index in [0.717, 1.165) is 156 Å². The molecule has 0 fully saturated rings. The van der Waals surface area contributed by atoms with Gasteiger partial charge in [0.25, 0.3) is 0 Å². The number of rotatable bonds is 30. The van der Waals surface area contributed by atoms with Gasteiger partial charge in [-0.05, 0) is 0 Å². The first-order chi connectivity index (χ1) is 23.1. The van der Waals surface area contributed by atoms with Gasteiger partial charge in [0.05, 0.1) is 0 Å². The zero-order chi connectivity index (χ0) is 36.1. The van der Waals surface area contributed by atoms with Gasteiger partial charge in [-0.25, -0.2) is 0 Å². The first-order valence-electron chi connectivity index (χ1n) is 21.2. The number of hydrogen-bond acceptors (Lipinski definition) is 3. The van der Waals surface area contributed by atoms with Crippen molar-refractivity contribution in [2.75, 3.05) is 0 Å². The van der Waals surface area contributed by atoms with Crippen LogP contribution in [-0.4, -0.2) is 64.3 Å². The molecule has 48 heavy (non-hydrogen) atoms. The second kappa shape index (κ2) is 25.7. The molecule has 0 radical (unpaired) electrons. The number of aromatic nitrogens is 3. The summed E-state index contributed by atoms with van der Waals surface area (Å²) in [5.41, 5.74) is -0.247. The van der Waals surface area contributed by atoms with Crippen LogP contribution in [0.2, 0.25) is 39.9 Å². The van der Waals surface area contributed by atoms with Gasteiger partial charge in [0, 0.05) is 0 Å². The average molecular weight is 996 g/mol. The molecule has 0 unspecified atom stereocenters. The van der Waals surface area contributed by atoms with E-state index in [-0.39, 0.29) is 17.1 Å². The first kappa shape index (κ1) is 46.8. The first-order valence-corrected chi connectivity index (χ1v) is 43.2. The molecule has 0 aliphatic heterocycles. The minimum atomic E-state index is -3.63. The van der Waals surface area contributed by atoms with E-state index in [0.29, 0.717) is 0 Å². The molecule has 0 amide bonds. The molecule has 9 heteroatoms. The molecule has 0 N–H and O–H groups in total. The Balaban J connectivity index is 4.76. The molecule has 0 atom stereocenters. The van der Waals surface area contributed by atoms with Gasteiger partial charge in [0.15, 0.2) is 0 Å². The summed E-state index contributed by atoms with van der Waals surface area (Å²) in [6, 6.07) is 0. The van der Waals surface area contributed by atoms with Crippen LogP contribution < -0.4 is 17.1 Å². The zero-order valence-electron chi connectivity index (χ0n) is 33.7. The van der Waals surface area contributed by atoms with E-state index in [1.165, 1.54) is 0 Å². The Kier molecular flexibility index (Phi) is 25.1. The third-order valence-corrected chi connectivity index (χ3v) is 55.9. The van der Waals surface area contributed by atoms with Crippen molar-refractivity contribution in [1.82, 2.24) is 8.37 Å². The van der Waals surface area contributed by atoms with Crippen molar-refractivity contribution < 1.29 is 0 Å². The molecule has 282 valence electrons. The normalized spacial score (nSPS) is 12.7. The van der Waals surface area contributed by atoms with Crippen LogP contribution in [0.5, 0.6) is 0 Å². The summed E-state index contributed by atoms with van der Waals surface area (Å²) in [6.07, 6.45) is 19.7. The maximum absolute atomic E-state index is 15.6. The molecule has 0 saturated carbocycles. The van der Waals surface area contributed by atoms with Gasteiger partial charge in [-0.2, -0.15) is 0 Å². The SMILES string of the molecule is CCC[CH2][Sn]([CH2]CCC)([CH2]CCC)[n]1c(=O)[n]([Sn]([CH2]CCC)([CH2]CCC)[CH2]CCC)c(=O)[n]([Sn]([CH2]CCC)([CH2]CCC)[CH2]CCC)c1=O. The van der Waals surface area contributed by atoms with Crippen molar-refractivity contribution in [2.45, 2.75) is 218 Å². The molecule has 1 heterocycles. The van der Waals surface area contributed by atoms with Gasteiger partial charge in [-0.15, -0.1) is 0 Å². The van der Waals surface area contributed by atoms with Gasteiger partial charge in [-0.1, -0.05) is 0 Å². The van der Waals surface area contributed by atoms with Crippen molar-refractivity contribution in [3.63, 3.8) is 0 Å². The van der Waals surface area contributed by atoms with E-state index < -0.39 is 56.0 Å². The molecular weight excluding hydrogens is 915 g/mol. The van der Waals surface area contributed by atoms with Gasteiger partial charge in [0.1, 0.15) is 0 Å². The van der Waals surface area contributed by atoms with Gasteiger partial charge in [-0.3, -0.25) is 0 Å². The maximum atomic E-state index is 15.6. The summed E-state index contributed by atoms with van der Waals surface area (Å²) >= 11 is -10.9. The van der Waals surface area contributed by atoms with Crippen LogP contribution in [0.3, 0.4) is 0 Å². The number of unbranched alkanes of at least 4 members (excludes halogenated alkanes) is 9. The second-order valence-electron chi connectivity index (χ2n) is 15.5. The van der Waals surface area contributed by atoms with E-state index in [2.05, 4.69) is 70.7 Å². The number of hydrogen-bond donors (Lipinski definition) is 0. The molecule has 1 rings (SSSR count). The quantitative estimate of drug-likeness (QED) is 0.0722. The Morgan fingerprint density at radius 3 is 0.521 bits per heavy atom. The zero-order valence-corrected chi connectivity index (χ0v) is 42.2. The summed E-state index contributed by atoms with van der Waals surface area (Å²) in [7, 11) is 0. The van der Waals surface area contributed by atoms with Crippen LogP contribution in [0.15, 0.2) is 14.4 Å². The van der Waals surface area contributed by atoms with Gasteiger partial charge >= 0.3 is 314 Å². The minimum absolute atomic E-state index is 0.0823. The van der Waals surface area contributed by atoms with Crippen LogP contribution in [-0.2, 0) is 0 Å². The molecule has 0 aliphatic carbocycles. The van der Waals surface area contributed by atoms with Crippen LogP contribution in [0.4, 0.5) is 0 Å². The average Bonchev–Trinajstić information content (AvgIpc) is 3.09. The molecule has 1 aromatic heterocycles. The summed E-state index contributed by atoms with van der Waals surface area (Å²) < 4.78 is 15.8. The van der Waals surface area contributed by atoms with Crippen LogP contribution in [0.25, 0.3) is 0 Å². The number of nitrogens with zero attached hydrogens (tertiary/aromatic N) is 3. The monoisotopic (exact) mass is 999 g/mol. The summed E-state index contributed by atoms with van der Waals surface area (Å²) in [5.74, 6) is 0. The Bertz CT molecular complexity index is 937. The van der Waals surface area contributed by atoms with Crippen LogP contribution in [0.1, 0.15) is 178 Å². The Morgan fingerprint density at radius 2 is 0.417 bits per heavy atom. The van der Waals surface area contributed by atoms with Crippen molar-refractivity contribution in [3.05, 3.63) is 31.5 Å². The molecule has 6 nitrogen and oxygen atoms in total. The van der Waals surface area contributed by atoms with Crippen LogP contribution >= 0.6 is 0 Å². The van der Waals surface area contributed by atoms with Gasteiger partial charge < -0.3 is 0 Å². The van der Waals surface area contributed by atoms with E-state index in [1.807, 2.05) is 0 Å². The molecule has 0 aliphatic rings. The third-order valence-electron chi connectivity index (χ3n) is 11.5. The Labute approximate surface area is 310 Å². The summed E-state index contributed by atoms with van der Waals surface area (Å²) in [5, 5.41) is 0. The topological polar surface area (TPSA) is 66.0 Å². The predicted molar refractivity (Wildman–Crippen MR) is 220 cm³/mol. The van der Waals surface area contributed by atoms with Crippen molar-refractivity contribution in [3.8, 4) is 0 Å². The third kappa shape index (κ3) is 12.7. The van der Waals surface area contributed by atoms with E-state index >= 15 is 14.4 Å². The summed E-state index contributed by atoms with van der Waals surface area (Å²) in [6.45, 7) is 20.4.